The van der Waals surface area contributed by atoms with Crippen LogP contribution in [0.4, 0.5) is 0 Å². The van der Waals surface area contributed by atoms with Crippen LogP contribution in [0, 0.1) is 0 Å². The minimum Gasteiger partial charge on any atom is -0.345 e. The van der Waals surface area contributed by atoms with Crippen LogP contribution >= 0.6 is 0 Å². The van der Waals surface area contributed by atoms with E-state index in [1.54, 1.807) is 4.68 Å². The smallest absolute Gasteiger partial charge is 0.291 e. The van der Waals surface area contributed by atoms with Gasteiger partial charge in [-0.15, -0.1) is 5.10 Å². The fourth-order valence-corrected chi connectivity index (χ4v) is 3.41. The number of rotatable bonds is 5. The SMILES string of the molecule is CCc1nc(C(=O)N[C@@H]2CCC[C@H]2N(C)C)nn1-c1ccccc1. The summed E-state index contributed by atoms with van der Waals surface area (Å²) in [6.07, 6.45) is 3.98. The molecule has 24 heavy (non-hydrogen) atoms. The number of hydrogen-bond donors (Lipinski definition) is 1. The summed E-state index contributed by atoms with van der Waals surface area (Å²) in [4.78, 5) is 19.2. The molecule has 6 heteroatoms. The van der Waals surface area contributed by atoms with E-state index in [0.717, 1.165) is 37.2 Å². The van der Waals surface area contributed by atoms with Crippen molar-refractivity contribution in [2.24, 2.45) is 0 Å². The molecule has 1 aliphatic rings. The monoisotopic (exact) mass is 327 g/mol. The van der Waals surface area contributed by atoms with Crippen LogP contribution in [0.3, 0.4) is 0 Å². The fourth-order valence-electron chi connectivity index (χ4n) is 3.41. The molecule has 128 valence electrons. The van der Waals surface area contributed by atoms with Gasteiger partial charge < -0.3 is 10.2 Å². The van der Waals surface area contributed by atoms with Gasteiger partial charge in [-0.1, -0.05) is 25.1 Å². The Morgan fingerprint density at radius 1 is 1.29 bits per heavy atom. The average molecular weight is 327 g/mol. The predicted octanol–water partition coefficient (Wildman–Crippen LogP) is 2.04. The van der Waals surface area contributed by atoms with Crippen LogP contribution in [0.25, 0.3) is 5.69 Å². The van der Waals surface area contributed by atoms with Crippen molar-refractivity contribution < 1.29 is 4.79 Å². The molecule has 1 fully saturated rings. The van der Waals surface area contributed by atoms with E-state index in [0.29, 0.717) is 6.04 Å². The lowest BCUT2D eigenvalue weighted by molar-refractivity contribution is 0.0908. The summed E-state index contributed by atoms with van der Waals surface area (Å²) in [5.41, 5.74) is 0.924. The third-order valence-electron chi connectivity index (χ3n) is 4.65. The molecule has 0 unspecified atom stereocenters. The Morgan fingerprint density at radius 3 is 2.71 bits per heavy atom. The van der Waals surface area contributed by atoms with E-state index in [9.17, 15) is 4.79 Å². The summed E-state index contributed by atoms with van der Waals surface area (Å²) >= 11 is 0. The molecule has 1 aromatic carbocycles. The molecule has 1 amide bonds. The van der Waals surface area contributed by atoms with Gasteiger partial charge in [0.15, 0.2) is 0 Å². The summed E-state index contributed by atoms with van der Waals surface area (Å²) in [6.45, 7) is 2.02. The Bertz CT molecular complexity index is 695. The van der Waals surface area contributed by atoms with Gasteiger partial charge in [0.2, 0.25) is 5.82 Å². The van der Waals surface area contributed by atoms with Crippen LogP contribution in [0.1, 0.15) is 42.6 Å². The number of carbonyl (C=O) groups excluding carboxylic acids is 1. The van der Waals surface area contributed by atoms with E-state index in [1.165, 1.54) is 0 Å². The molecule has 6 nitrogen and oxygen atoms in total. The number of aryl methyl sites for hydroxylation is 1. The predicted molar refractivity (Wildman–Crippen MR) is 93.3 cm³/mol. The maximum Gasteiger partial charge on any atom is 0.291 e. The lowest BCUT2D eigenvalue weighted by Gasteiger charge is -2.26. The molecule has 2 aromatic rings. The molecule has 1 N–H and O–H groups in total. The molecule has 3 rings (SSSR count). The molecular weight excluding hydrogens is 302 g/mol. The second-order valence-electron chi connectivity index (χ2n) is 6.49. The summed E-state index contributed by atoms with van der Waals surface area (Å²) in [5.74, 6) is 0.861. The average Bonchev–Trinajstić information content (AvgIpc) is 3.22. The second kappa shape index (κ2) is 7.13. The Hall–Kier alpha value is -2.21. The molecule has 0 aliphatic heterocycles. The normalized spacial score (nSPS) is 20.5. The van der Waals surface area contributed by atoms with Crippen LogP contribution in [-0.4, -0.2) is 51.8 Å². The molecule has 1 heterocycles. The van der Waals surface area contributed by atoms with E-state index < -0.39 is 0 Å². The first kappa shape index (κ1) is 16.6. The van der Waals surface area contributed by atoms with Gasteiger partial charge in [-0.05, 0) is 45.5 Å². The Kier molecular flexibility index (Phi) is 4.94. The largest absolute Gasteiger partial charge is 0.345 e. The zero-order valence-corrected chi connectivity index (χ0v) is 14.6. The highest BCUT2D eigenvalue weighted by molar-refractivity contribution is 5.90. The minimum absolute atomic E-state index is 0.168. The van der Waals surface area contributed by atoms with Crippen molar-refractivity contribution in [3.8, 4) is 5.69 Å². The number of carbonyl (C=O) groups is 1. The highest BCUT2D eigenvalue weighted by Crippen LogP contribution is 2.22. The molecular formula is C18H25N5O. The first-order valence-electron chi connectivity index (χ1n) is 8.58. The zero-order chi connectivity index (χ0) is 17.1. The highest BCUT2D eigenvalue weighted by atomic mass is 16.2. The van der Waals surface area contributed by atoms with Gasteiger partial charge in [-0.3, -0.25) is 4.79 Å². The van der Waals surface area contributed by atoms with Crippen LogP contribution in [0.5, 0.6) is 0 Å². The van der Waals surface area contributed by atoms with Crippen molar-refractivity contribution in [1.82, 2.24) is 25.0 Å². The summed E-state index contributed by atoms with van der Waals surface area (Å²) in [6, 6.07) is 10.4. The lowest BCUT2D eigenvalue weighted by atomic mass is 10.1. The molecule has 1 saturated carbocycles. The Morgan fingerprint density at radius 2 is 2.04 bits per heavy atom. The van der Waals surface area contributed by atoms with E-state index in [1.807, 2.05) is 37.3 Å². The zero-order valence-electron chi connectivity index (χ0n) is 14.6. The maximum atomic E-state index is 12.6. The van der Waals surface area contributed by atoms with Gasteiger partial charge in [0, 0.05) is 18.5 Å². The molecule has 1 aliphatic carbocycles. The van der Waals surface area contributed by atoms with Crippen molar-refractivity contribution in [2.75, 3.05) is 14.1 Å². The molecule has 1 aromatic heterocycles. The number of hydrogen-bond acceptors (Lipinski definition) is 4. The van der Waals surface area contributed by atoms with Gasteiger partial charge in [0.25, 0.3) is 5.91 Å². The fraction of sp³-hybridized carbons (Fsp3) is 0.500. The number of aromatic nitrogens is 3. The number of likely N-dealkylation sites (N-methyl/N-ethyl adjacent to an activating group) is 1. The van der Waals surface area contributed by atoms with E-state index in [4.69, 9.17) is 0 Å². The number of amides is 1. The number of para-hydroxylation sites is 1. The molecule has 2 atom stereocenters. The quantitative estimate of drug-likeness (QED) is 0.913. The maximum absolute atomic E-state index is 12.6. The van der Waals surface area contributed by atoms with Crippen molar-refractivity contribution in [1.29, 1.82) is 0 Å². The van der Waals surface area contributed by atoms with Crippen molar-refractivity contribution in [3.63, 3.8) is 0 Å². The van der Waals surface area contributed by atoms with Crippen LogP contribution < -0.4 is 5.32 Å². The Balaban J connectivity index is 1.80. The van der Waals surface area contributed by atoms with Gasteiger partial charge in [-0.25, -0.2) is 9.67 Å². The number of benzene rings is 1. The third kappa shape index (κ3) is 3.33. The van der Waals surface area contributed by atoms with Crippen molar-refractivity contribution in [3.05, 3.63) is 42.0 Å². The van der Waals surface area contributed by atoms with Crippen LogP contribution in [0.2, 0.25) is 0 Å². The summed E-state index contributed by atoms with van der Waals surface area (Å²) < 4.78 is 1.76. The first-order chi connectivity index (χ1) is 11.6. The molecule has 0 bridgehead atoms. The van der Waals surface area contributed by atoms with Crippen molar-refractivity contribution in [2.45, 2.75) is 44.7 Å². The van der Waals surface area contributed by atoms with E-state index >= 15 is 0 Å². The van der Waals surface area contributed by atoms with Gasteiger partial charge >= 0.3 is 0 Å². The van der Waals surface area contributed by atoms with Gasteiger partial charge in [-0.2, -0.15) is 0 Å². The number of nitrogens with zero attached hydrogens (tertiary/aromatic N) is 4. The highest BCUT2D eigenvalue weighted by Gasteiger charge is 2.31. The number of nitrogens with one attached hydrogen (secondary N) is 1. The van der Waals surface area contributed by atoms with Gasteiger partial charge in [0.1, 0.15) is 5.82 Å². The summed E-state index contributed by atoms with van der Waals surface area (Å²) in [7, 11) is 4.12. The second-order valence-corrected chi connectivity index (χ2v) is 6.49. The third-order valence-corrected chi connectivity index (χ3v) is 4.65. The van der Waals surface area contributed by atoms with Crippen LogP contribution in [-0.2, 0) is 6.42 Å². The van der Waals surface area contributed by atoms with E-state index in [-0.39, 0.29) is 17.8 Å². The van der Waals surface area contributed by atoms with Gasteiger partial charge in [0.05, 0.1) is 5.69 Å². The topological polar surface area (TPSA) is 63.1 Å². The molecule has 0 radical (unpaired) electrons. The molecule has 0 saturated heterocycles. The first-order valence-corrected chi connectivity index (χ1v) is 8.58. The van der Waals surface area contributed by atoms with Crippen LogP contribution in [0.15, 0.2) is 30.3 Å². The molecule has 0 spiro atoms. The van der Waals surface area contributed by atoms with Crippen molar-refractivity contribution >= 4 is 5.91 Å². The standard InChI is InChI=1S/C18H25N5O/c1-4-16-20-17(21-23(16)13-9-6-5-7-10-13)18(24)19-14-11-8-12-15(14)22(2)3/h5-7,9-10,14-15H,4,8,11-12H2,1-3H3,(H,19,24)/t14-,15-/m1/s1. The lowest BCUT2D eigenvalue weighted by Crippen LogP contribution is -2.46. The summed E-state index contributed by atoms with van der Waals surface area (Å²) in [5, 5.41) is 7.57. The Labute approximate surface area is 142 Å². The minimum atomic E-state index is -0.182. The van der Waals surface area contributed by atoms with E-state index in [2.05, 4.69) is 34.4 Å².